The van der Waals surface area contributed by atoms with Crippen molar-refractivity contribution in [2.45, 2.75) is 13.0 Å². The molecule has 1 heterocycles. The molecule has 2 aromatic rings. The third-order valence-corrected chi connectivity index (χ3v) is 3.33. The molecule has 1 N–H and O–H groups in total. The van der Waals surface area contributed by atoms with Crippen molar-refractivity contribution in [2.24, 2.45) is 0 Å². The average Bonchev–Trinajstić information content (AvgIpc) is 2.92. The Balaban J connectivity index is 1.82. The molecule has 0 saturated carbocycles. The maximum absolute atomic E-state index is 13.5. The van der Waals surface area contributed by atoms with E-state index in [1.165, 1.54) is 0 Å². The van der Waals surface area contributed by atoms with Crippen LogP contribution in [0.25, 0.3) is 0 Å². The molecule has 0 aromatic heterocycles. The molecule has 2 nitrogen and oxygen atoms in total. The Kier molecular flexibility index (Phi) is 3.45. The first-order valence-electron chi connectivity index (χ1n) is 6.37. The molecule has 0 atom stereocenters. The van der Waals surface area contributed by atoms with Gasteiger partial charge in [-0.1, -0.05) is 12.1 Å². The number of nitrogens with one attached hydrogen (secondary N) is 1. The van der Waals surface area contributed by atoms with Crippen LogP contribution < -0.4 is 10.1 Å². The van der Waals surface area contributed by atoms with Gasteiger partial charge in [0.1, 0.15) is 11.4 Å². The molecule has 0 saturated heterocycles. The van der Waals surface area contributed by atoms with Crippen molar-refractivity contribution >= 4 is 5.69 Å². The van der Waals surface area contributed by atoms with Gasteiger partial charge < -0.3 is 10.1 Å². The van der Waals surface area contributed by atoms with Crippen molar-refractivity contribution in [2.75, 3.05) is 11.9 Å². The molecule has 110 valence electrons. The largest absolute Gasteiger partial charge is 0.493 e. The highest BCUT2D eigenvalue weighted by Gasteiger charge is 2.19. The minimum absolute atomic E-state index is 0.0456. The molecule has 0 bridgehead atoms. The Morgan fingerprint density at radius 3 is 2.43 bits per heavy atom. The van der Waals surface area contributed by atoms with Gasteiger partial charge in [-0.15, -0.1) is 0 Å². The van der Waals surface area contributed by atoms with Crippen LogP contribution >= 0.6 is 0 Å². The van der Waals surface area contributed by atoms with Gasteiger partial charge in [0.05, 0.1) is 6.61 Å². The van der Waals surface area contributed by atoms with Crippen LogP contribution in [0.1, 0.15) is 11.1 Å². The number of fused-ring (bicyclic) bond motifs is 1. The second-order valence-corrected chi connectivity index (χ2v) is 4.74. The van der Waals surface area contributed by atoms with Gasteiger partial charge >= 0.3 is 0 Å². The fourth-order valence-corrected chi connectivity index (χ4v) is 2.27. The number of rotatable bonds is 3. The van der Waals surface area contributed by atoms with Crippen LogP contribution in [0.3, 0.4) is 0 Å². The molecule has 0 amide bonds. The third kappa shape index (κ3) is 2.53. The van der Waals surface area contributed by atoms with E-state index in [2.05, 4.69) is 5.32 Å². The topological polar surface area (TPSA) is 21.3 Å². The van der Waals surface area contributed by atoms with Gasteiger partial charge in [0.15, 0.2) is 23.3 Å². The summed E-state index contributed by atoms with van der Waals surface area (Å²) in [5.41, 5.74) is 0.938. The number of halogens is 4. The molecule has 1 aliphatic rings. The predicted molar refractivity (Wildman–Crippen MR) is 69.2 cm³/mol. The fraction of sp³-hybridized carbons (Fsp3) is 0.200. The summed E-state index contributed by atoms with van der Waals surface area (Å²) in [6.45, 7) is 0.647. The van der Waals surface area contributed by atoms with Crippen molar-refractivity contribution in [1.82, 2.24) is 0 Å². The van der Waals surface area contributed by atoms with E-state index in [0.29, 0.717) is 6.61 Å². The highest BCUT2D eigenvalue weighted by atomic mass is 19.2. The maximum Gasteiger partial charge on any atom is 0.185 e. The van der Waals surface area contributed by atoms with Crippen LogP contribution in [-0.2, 0) is 13.0 Å². The van der Waals surface area contributed by atoms with Crippen LogP contribution in [0.4, 0.5) is 23.2 Å². The molecular weight excluding hydrogens is 286 g/mol. The lowest BCUT2D eigenvalue weighted by Crippen LogP contribution is -2.07. The summed E-state index contributed by atoms with van der Waals surface area (Å²) in [5.74, 6) is -4.94. The molecular formula is C15H11F4NO. The number of hydrogen-bond acceptors (Lipinski definition) is 2. The molecule has 1 aliphatic heterocycles. The summed E-state index contributed by atoms with van der Waals surface area (Å²) in [5, 5.41) is 2.40. The van der Waals surface area contributed by atoms with Crippen LogP contribution in [0.15, 0.2) is 24.3 Å². The molecule has 0 spiro atoms. The summed E-state index contributed by atoms with van der Waals surface area (Å²) in [6.07, 6.45) is 0.764. The van der Waals surface area contributed by atoms with Gasteiger partial charge in [0.25, 0.3) is 0 Å². The highest BCUT2D eigenvalue weighted by molar-refractivity contribution is 5.48. The van der Waals surface area contributed by atoms with Crippen molar-refractivity contribution in [3.63, 3.8) is 0 Å². The highest BCUT2D eigenvalue weighted by Crippen LogP contribution is 2.28. The van der Waals surface area contributed by atoms with Gasteiger partial charge in [-0.2, -0.15) is 0 Å². The molecule has 6 heteroatoms. The molecule has 0 aliphatic carbocycles. The summed E-state index contributed by atoms with van der Waals surface area (Å²) >= 11 is 0. The number of anilines is 1. The normalized spacial score (nSPS) is 13.0. The third-order valence-electron chi connectivity index (χ3n) is 3.33. The molecule has 0 fully saturated rings. The van der Waals surface area contributed by atoms with Crippen LogP contribution in [0, 0.1) is 23.3 Å². The molecule has 3 rings (SSSR count). The van der Waals surface area contributed by atoms with E-state index in [9.17, 15) is 17.6 Å². The zero-order valence-electron chi connectivity index (χ0n) is 10.9. The summed E-state index contributed by atoms with van der Waals surface area (Å²) in [7, 11) is 0. The van der Waals surface area contributed by atoms with E-state index in [1.807, 2.05) is 6.07 Å². The quantitative estimate of drug-likeness (QED) is 0.687. The lowest BCUT2D eigenvalue weighted by molar-refractivity contribution is 0.357. The fourth-order valence-electron chi connectivity index (χ4n) is 2.27. The minimum atomic E-state index is -1.43. The zero-order chi connectivity index (χ0) is 15.0. The smallest absolute Gasteiger partial charge is 0.185 e. The summed E-state index contributed by atoms with van der Waals surface area (Å²) in [6, 6.07) is 5.50. The number of benzene rings is 2. The van der Waals surface area contributed by atoms with E-state index < -0.39 is 29.0 Å². The molecule has 0 unspecified atom stereocenters. The second kappa shape index (κ2) is 5.27. The predicted octanol–water partition coefficient (Wildman–Crippen LogP) is 3.79. The first-order chi connectivity index (χ1) is 10.1. The van der Waals surface area contributed by atoms with E-state index in [4.69, 9.17) is 4.74 Å². The Morgan fingerprint density at radius 2 is 1.71 bits per heavy atom. The van der Waals surface area contributed by atoms with Crippen molar-refractivity contribution in [3.05, 3.63) is 58.7 Å². The van der Waals surface area contributed by atoms with Crippen molar-refractivity contribution < 1.29 is 22.3 Å². The van der Waals surface area contributed by atoms with Crippen LogP contribution in [-0.4, -0.2) is 6.61 Å². The maximum atomic E-state index is 13.5. The van der Waals surface area contributed by atoms with Crippen LogP contribution in [0.5, 0.6) is 5.75 Å². The van der Waals surface area contributed by atoms with Gasteiger partial charge in [-0.3, -0.25) is 0 Å². The standard InChI is InChI=1S/C15H11F4NO/c16-10-6-11(17)14(19)15(13(10)18)20-7-8-1-2-12-9(5-8)3-4-21-12/h1-2,5-6,20H,3-4,7H2. The average molecular weight is 297 g/mol. The molecule has 2 aromatic carbocycles. The van der Waals surface area contributed by atoms with E-state index in [-0.39, 0.29) is 12.6 Å². The first-order valence-corrected chi connectivity index (χ1v) is 6.37. The molecule has 21 heavy (non-hydrogen) atoms. The van der Waals surface area contributed by atoms with Gasteiger partial charge in [-0.05, 0) is 17.2 Å². The summed E-state index contributed by atoms with van der Waals surface area (Å²) < 4.78 is 58.5. The SMILES string of the molecule is Fc1cc(F)c(F)c(NCc2ccc3c(c2)CCO3)c1F. The monoisotopic (exact) mass is 297 g/mol. The Bertz CT molecular complexity index is 676. The molecule has 0 radical (unpaired) electrons. The number of ether oxygens (including phenoxy) is 1. The summed E-state index contributed by atoms with van der Waals surface area (Å²) in [4.78, 5) is 0. The zero-order valence-corrected chi connectivity index (χ0v) is 10.9. The lowest BCUT2D eigenvalue weighted by atomic mass is 10.1. The van der Waals surface area contributed by atoms with E-state index in [0.717, 1.165) is 23.3 Å². The van der Waals surface area contributed by atoms with Crippen molar-refractivity contribution in [3.8, 4) is 5.75 Å². The number of hydrogen-bond donors (Lipinski definition) is 1. The Hall–Kier alpha value is -2.24. The van der Waals surface area contributed by atoms with E-state index >= 15 is 0 Å². The first kappa shape index (κ1) is 13.7. The van der Waals surface area contributed by atoms with Crippen molar-refractivity contribution in [1.29, 1.82) is 0 Å². The van der Waals surface area contributed by atoms with Gasteiger partial charge in [0.2, 0.25) is 0 Å². The second-order valence-electron chi connectivity index (χ2n) is 4.74. The Morgan fingerprint density at radius 1 is 1.00 bits per heavy atom. The Labute approximate surface area is 118 Å². The van der Waals surface area contributed by atoms with Gasteiger partial charge in [-0.25, -0.2) is 17.6 Å². The lowest BCUT2D eigenvalue weighted by Gasteiger charge is -2.10. The van der Waals surface area contributed by atoms with Gasteiger partial charge in [0, 0.05) is 19.0 Å². The van der Waals surface area contributed by atoms with E-state index in [1.54, 1.807) is 12.1 Å². The van der Waals surface area contributed by atoms with Crippen LogP contribution in [0.2, 0.25) is 0 Å². The minimum Gasteiger partial charge on any atom is -0.493 e.